The maximum absolute atomic E-state index is 11.0. The SMILES string of the molecule is CC(C)(C)c1cc(Br)c(O)c(C2=N/C(=C(/c3ccccc3)c3ccc(-c4cc(C(C)(C)C)cc(Br)c4O)[nH]3)C=C2)c1. The van der Waals surface area contributed by atoms with Crippen LogP contribution in [0.4, 0.5) is 0 Å². The summed E-state index contributed by atoms with van der Waals surface area (Å²) in [5.41, 5.74) is 8.57. The van der Waals surface area contributed by atoms with Gasteiger partial charge in [-0.05, 0) is 108 Å². The van der Waals surface area contributed by atoms with Gasteiger partial charge < -0.3 is 15.2 Å². The smallest absolute Gasteiger partial charge is 0.139 e. The molecular formula is C35H34Br2N2O2. The molecule has 0 amide bonds. The summed E-state index contributed by atoms with van der Waals surface area (Å²) in [6, 6.07) is 22.1. The van der Waals surface area contributed by atoms with Crippen LogP contribution in [-0.4, -0.2) is 20.9 Å². The number of aromatic amines is 1. The van der Waals surface area contributed by atoms with Crippen LogP contribution in [0.25, 0.3) is 16.8 Å². The van der Waals surface area contributed by atoms with E-state index in [9.17, 15) is 10.2 Å². The molecule has 1 aliphatic rings. The Balaban J connectivity index is 1.66. The highest BCUT2D eigenvalue weighted by atomic mass is 79.9. The summed E-state index contributed by atoms with van der Waals surface area (Å²) in [7, 11) is 0. The Morgan fingerprint density at radius 2 is 1.27 bits per heavy atom. The summed E-state index contributed by atoms with van der Waals surface area (Å²) >= 11 is 7.08. The van der Waals surface area contributed by atoms with Crippen molar-refractivity contribution in [3.05, 3.63) is 121 Å². The molecule has 0 radical (unpaired) electrons. The fraction of sp³-hybridized carbons (Fsp3) is 0.229. The number of nitrogens with zero attached hydrogens (tertiary/aromatic N) is 1. The van der Waals surface area contributed by atoms with Crippen molar-refractivity contribution in [2.45, 2.75) is 52.4 Å². The number of rotatable bonds is 4. The van der Waals surface area contributed by atoms with Crippen molar-refractivity contribution in [3.63, 3.8) is 0 Å². The van der Waals surface area contributed by atoms with Crippen molar-refractivity contribution < 1.29 is 10.2 Å². The minimum atomic E-state index is -0.0901. The van der Waals surface area contributed by atoms with Crippen LogP contribution >= 0.6 is 31.9 Å². The molecule has 5 rings (SSSR count). The number of hydrogen-bond acceptors (Lipinski definition) is 3. The molecule has 0 saturated carbocycles. The number of aromatic hydroxyl groups is 2. The maximum atomic E-state index is 11.0. The average molecular weight is 674 g/mol. The standard InChI is InChI=1S/C35H34Br2N2O2/c1-34(2,3)21-16-23(32(40)25(36)18-21)27-12-14-29(38-27)31(20-10-8-7-9-11-20)30-15-13-28(39-30)24-17-22(35(4,5)6)19-26(37)33(24)41/h7-19,38,40-41H,1-6H3/b31-30-. The van der Waals surface area contributed by atoms with E-state index in [1.807, 2.05) is 66.7 Å². The predicted octanol–water partition coefficient (Wildman–Crippen LogP) is 10.0. The van der Waals surface area contributed by atoms with Gasteiger partial charge in [-0.3, -0.25) is 0 Å². The van der Waals surface area contributed by atoms with E-state index in [0.29, 0.717) is 20.2 Å². The first-order valence-electron chi connectivity index (χ1n) is 13.6. The lowest BCUT2D eigenvalue weighted by Gasteiger charge is -2.21. The molecule has 0 atom stereocenters. The van der Waals surface area contributed by atoms with Crippen LogP contribution in [0.5, 0.6) is 11.5 Å². The Morgan fingerprint density at radius 3 is 1.85 bits per heavy atom. The van der Waals surface area contributed by atoms with Crippen molar-refractivity contribution in [2.75, 3.05) is 0 Å². The molecule has 1 aromatic heterocycles. The Morgan fingerprint density at radius 1 is 0.707 bits per heavy atom. The van der Waals surface area contributed by atoms with Gasteiger partial charge in [-0.25, -0.2) is 4.99 Å². The van der Waals surface area contributed by atoms with Gasteiger partial charge in [0.2, 0.25) is 0 Å². The predicted molar refractivity (Wildman–Crippen MR) is 177 cm³/mol. The van der Waals surface area contributed by atoms with E-state index in [1.165, 1.54) is 0 Å². The summed E-state index contributed by atoms with van der Waals surface area (Å²) < 4.78 is 1.31. The van der Waals surface area contributed by atoms with Gasteiger partial charge in [0.15, 0.2) is 0 Å². The number of nitrogens with one attached hydrogen (secondary N) is 1. The quantitative estimate of drug-likeness (QED) is 0.202. The third-order valence-electron chi connectivity index (χ3n) is 7.34. The van der Waals surface area contributed by atoms with Gasteiger partial charge in [0.1, 0.15) is 11.5 Å². The summed E-state index contributed by atoms with van der Waals surface area (Å²) in [4.78, 5) is 8.58. The van der Waals surface area contributed by atoms with E-state index < -0.39 is 0 Å². The van der Waals surface area contributed by atoms with Gasteiger partial charge in [-0.15, -0.1) is 0 Å². The van der Waals surface area contributed by atoms with Crippen LogP contribution in [0, 0.1) is 0 Å². The molecule has 41 heavy (non-hydrogen) atoms. The Hall–Kier alpha value is -3.35. The van der Waals surface area contributed by atoms with Crippen LogP contribution in [-0.2, 0) is 10.8 Å². The molecule has 0 saturated heterocycles. The first kappa shape index (κ1) is 29.2. The molecule has 4 nitrogen and oxygen atoms in total. The van der Waals surface area contributed by atoms with Gasteiger partial charge in [-0.1, -0.05) is 71.9 Å². The molecule has 3 aromatic carbocycles. The Bertz CT molecular complexity index is 1730. The monoisotopic (exact) mass is 672 g/mol. The zero-order chi connectivity index (χ0) is 29.7. The number of aliphatic imine (C=N–C) groups is 1. The molecule has 2 heterocycles. The van der Waals surface area contributed by atoms with Gasteiger partial charge in [-0.2, -0.15) is 0 Å². The summed E-state index contributed by atoms with van der Waals surface area (Å²) in [5.74, 6) is 0.368. The molecule has 1 aliphatic heterocycles. The average Bonchev–Trinajstić information content (AvgIpc) is 3.57. The zero-order valence-electron chi connectivity index (χ0n) is 24.1. The number of phenols is 2. The summed E-state index contributed by atoms with van der Waals surface area (Å²) in [6.45, 7) is 12.9. The molecule has 0 bridgehead atoms. The molecule has 0 unspecified atom stereocenters. The number of allylic oxidation sites excluding steroid dienone is 2. The summed E-state index contributed by atoms with van der Waals surface area (Å²) in [5, 5.41) is 21.9. The van der Waals surface area contributed by atoms with E-state index >= 15 is 0 Å². The van der Waals surface area contributed by atoms with E-state index in [1.54, 1.807) is 0 Å². The second-order valence-corrected chi connectivity index (χ2v) is 14.2. The minimum absolute atomic E-state index is 0.0812. The van der Waals surface area contributed by atoms with Gasteiger partial charge in [0.25, 0.3) is 0 Å². The molecule has 6 heteroatoms. The third kappa shape index (κ3) is 5.86. The summed E-state index contributed by atoms with van der Waals surface area (Å²) in [6.07, 6.45) is 3.94. The fourth-order valence-electron chi connectivity index (χ4n) is 4.86. The van der Waals surface area contributed by atoms with Crippen LogP contribution in [0.1, 0.15) is 69.5 Å². The normalized spacial score (nSPS) is 14.9. The maximum Gasteiger partial charge on any atom is 0.139 e. The van der Waals surface area contributed by atoms with Crippen molar-refractivity contribution in [1.82, 2.24) is 4.98 Å². The highest BCUT2D eigenvalue weighted by Crippen LogP contribution is 2.41. The molecule has 3 N–H and O–H groups in total. The van der Waals surface area contributed by atoms with Gasteiger partial charge in [0.05, 0.1) is 20.4 Å². The van der Waals surface area contributed by atoms with Crippen LogP contribution in [0.15, 0.2) is 98.5 Å². The van der Waals surface area contributed by atoms with Gasteiger partial charge in [0, 0.05) is 28.1 Å². The number of aromatic nitrogens is 1. The number of halogens is 2. The molecule has 0 spiro atoms. The minimum Gasteiger partial charge on any atom is -0.506 e. The van der Waals surface area contributed by atoms with Gasteiger partial charge >= 0.3 is 0 Å². The van der Waals surface area contributed by atoms with E-state index in [-0.39, 0.29) is 22.3 Å². The second-order valence-electron chi connectivity index (χ2n) is 12.5. The van der Waals surface area contributed by atoms with Crippen molar-refractivity contribution >= 4 is 43.1 Å². The lowest BCUT2D eigenvalue weighted by molar-refractivity contribution is 0.469. The molecule has 0 aliphatic carbocycles. The lowest BCUT2D eigenvalue weighted by atomic mass is 9.85. The highest BCUT2D eigenvalue weighted by molar-refractivity contribution is 9.11. The number of benzene rings is 3. The number of hydrogen-bond donors (Lipinski definition) is 3. The number of H-pyrrole nitrogens is 1. The van der Waals surface area contributed by atoms with Crippen molar-refractivity contribution in [1.29, 1.82) is 0 Å². The first-order chi connectivity index (χ1) is 19.2. The fourth-order valence-corrected chi connectivity index (χ4v) is 5.78. The molecular weight excluding hydrogens is 640 g/mol. The van der Waals surface area contributed by atoms with Crippen molar-refractivity contribution in [2.24, 2.45) is 4.99 Å². The third-order valence-corrected chi connectivity index (χ3v) is 8.55. The first-order valence-corrected chi connectivity index (χ1v) is 15.1. The Labute approximate surface area is 258 Å². The molecule has 210 valence electrons. The van der Waals surface area contributed by atoms with Crippen LogP contribution in [0.2, 0.25) is 0 Å². The van der Waals surface area contributed by atoms with E-state index in [2.05, 4.69) is 90.5 Å². The molecule has 4 aromatic rings. The van der Waals surface area contributed by atoms with Crippen molar-refractivity contribution in [3.8, 4) is 22.8 Å². The topological polar surface area (TPSA) is 68.6 Å². The Kier molecular flexibility index (Phi) is 7.68. The largest absolute Gasteiger partial charge is 0.506 e. The second kappa shape index (κ2) is 10.8. The highest BCUT2D eigenvalue weighted by Gasteiger charge is 2.24. The van der Waals surface area contributed by atoms with Crippen LogP contribution in [0.3, 0.4) is 0 Å². The number of phenolic OH excluding ortho intramolecular Hbond substituents is 2. The molecule has 0 fully saturated rings. The van der Waals surface area contributed by atoms with Crippen LogP contribution < -0.4 is 0 Å². The van der Waals surface area contributed by atoms with E-state index in [4.69, 9.17) is 4.99 Å². The lowest BCUT2D eigenvalue weighted by Crippen LogP contribution is -2.12. The van der Waals surface area contributed by atoms with E-state index in [0.717, 1.165) is 44.9 Å². The zero-order valence-corrected chi connectivity index (χ0v) is 27.3.